The van der Waals surface area contributed by atoms with E-state index >= 15 is 0 Å². The van der Waals surface area contributed by atoms with Crippen molar-refractivity contribution in [3.05, 3.63) is 0 Å². The van der Waals surface area contributed by atoms with Crippen molar-refractivity contribution < 1.29 is 4.74 Å². The van der Waals surface area contributed by atoms with Crippen LogP contribution < -0.4 is 0 Å². The molecule has 1 unspecified atom stereocenters. The lowest BCUT2D eigenvalue weighted by Crippen LogP contribution is -2.34. The van der Waals surface area contributed by atoms with Crippen molar-refractivity contribution in [2.75, 3.05) is 16.9 Å². The van der Waals surface area contributed by atoms with Crippen molar-refractivity contribution in [2.45, 2.75) is 26.4 Å². The maximum atomic E-state index is 5.76. The average molecular weight is 291 g/mol. The normalized spacial score (nSPS) is 16.9. The van der Waals surface area contributed by atoms with Crippen LogP contribution in [0.4, 0.5) is 0 Å². The predicted molar refractivity (Wildman–Crippen MR) is 58.8 cm³/mol. The fourth-order valence-electron chi connectivity index (χ4n) is 0.481. The third kappa shape index (κ3) is 5.26. The number of halogens is 2. The lowest BCUT2D eigenvalue weighted by atomic mass is 10.1. The molecule has 0 aliphatic rings. The summed E-state index contributed by atoms with van der Waals surface area (Å²) in [4.78, 5) is 0. The smallest absolute Gasteiger partial charge is 0.0878 e. The molecule has 0 spiro atoms. The van der Waals surface area contributed by atoms with E-state index in [0.717, 1.165) is 11.0 Å². The zero-order valence-electron chi connectivity index (χ0n) is 7.36. The topological polar surface area (TPSA) is 9.23 Å². The highest BCUT2D eigenvalue weighted by Gasteiger charge is 2.22. The van der Waals surface area contributed by atoms with Crippen molar-refractivity contribution >= 4 is 34.2 Å². The van der Waals surface area contributed by atoms with Crippen LogP contribution in [0, 0.1) is 5.92 Å². The molecule has 0 aromatic rings. The number of hydrogen-bond donors (Lipinski definition) is 0. The Labute approximate surface area is 88.0 Å². The van der Waals surface area contributed by atoms with Gasteiger partial charge < -0.3 is 4.74 Å². The van der Waals surface area contributed by atoms with E-state index in [1.165, 1.54) is 0 Å². The monoisotopic (exact) mass is 290 g/mol. The van der Waals surface area contributed by atoms with Gasteiger partial charge in [-0.3, -0.25) is 0 Å². The highest BCUT2D eigenvalue weighted by atomic mass is 127. The third-order valence-electron chi connectivity index (χ3n) is 1.33. The maximum Gasteiger partial charge on any atom is 0.0878 e. The summed E-state index contributed by atoms with van der Waals surface area (Å²) in [7, 11) is 0. The largest absolute Gasteiger partial charge is 0.373 e. The highest BCUT2D eigenvalue weighted by Crippen LogP contribution is 2.17. The van der Waals surface area contributed by atoms with Crippen molar-refractivity contribution in [3.8, 4) is 0 Å². The van der Waals surface area contributed by atoms with Gasteiger partial charge in [0, 0.05) is 11.0 Å². The van der Waals surface area contributed by atoms with Crippen LogP contribution in [-0.2, 0) is 4.74 Å². The van der Waals surface area contributed by atoms with Crippen molar-refractivity contribution in [2.24, 2.45) is 5.92 Å². The summed E-state index contributed by atoms with van der Waals surface area (Å²) in [6.45, 7) is 7.13. The van der Waals surface area contributed by atoms with Crippen molar-refractivity contribution in [1.29, 1.82) is 0 Å². The summed E-state index contributed by atoms with van der Waals surface area (Å²) in [5.74, 6) is 1.16. The minimum absolute atomic E-state index is 0.133. The summed E-state index contributed by atoms with van der Waals surface area (Å²) in [6.07, 6.45) is 0. The van der Waals surface area contributed by atoms with E-state index in [1.807, 2.05) is 0 Å². The molecule has 0 aliphatic heterocycles. The first-order chi connectivity index (χ1) is 5.04. The van der Waals surface area contributed by atoms with Gasteiger partial charge in [-0.25, -0.2) is 0 Å². The lowest BCUT2D eigenvalue weighted by molar-refractivity contribution is -0.00863. The molecule has 0 aromatic heterocycles. The summed E-state index contributed by atoms with van der Waals surface area (Å²) in [5.41, 5.74) is -0.133. The predicted octanol–water partition coefficient (Wildman–Crippen LogP) is 3.09. The van der Waals surface area contributed by atoms with Gasteiger partial charge >= 0.3 is 0 Å². The summed E-state index contributed by atoms with van der Waals surface area (Å²) < 4.78 is 6.60. The van der Waals surface area contributed by atoms with E-state index in [-0.39, 0.29) is 5.60 Å². The number of hydrogen-bond acceptors (Lipinski definition) is 1. The molecule has 1 atom stereocenters. The molecule has 0 bridgehead atoms. The standard InChI is InChI=1S/C8H16ClIO/c1-7(2)4-11-8(3,5-9)6-10/h7H,4-6H2,1-3H3. The Morgan fingerprint density at radius 3 is 2.36 bits per heavy atom. The Morgan fingerprint density at radius 1 is 1.55 bits per heavy atom. The van der Waals surface area contributed by atoms with E-state index in [0.29, 0.717) is 11.8 Å². The number of rotatable bonds is 5. The lowest BCUT2D eigenvalue weighted by Gasteiger charge is -2.26. The summed E-state index contributed by atoms with van der Waals surface area (Å²) >= 11 is 8.07. The summed E-state index contributed by atoms with van der Waals surface area (Å²) in [5, 5.41) is 0. The Hall–Kier alpha value is 0.980. The van der Waals surface area contributed by atoms with E-state index in [9.17, 15) is 0 Å². The zero-order chi connectivity index (χ0) is 8.91. The molecule has 0 heterocycles. The minimum atomic E-state index is -0.133. The first-order valence-electron chi connectivity index (χ1n) is 3.80. The van der Waals surface area contributed by atoms with Crippen LogP contribution in [0.5, 0.6) is 0 Å². The zero-order valence-corrected chi connectivity index (χ0v) is 10.3. The highest BCUT2D eigenvalue weighted by molar-refractivity contribution is 14.1. The molecule has 3 heteroatoms. The van der Waals surface area contributed by atoms with Gasteiger partial charge in [0.25, 0.3) is 0 Å². The van der Waals surface area contributed by atoms with Crippen molar-refractivity contribution in [1.82, 2.24) is 0 Å². The fraction of sp³-hybridized carbons (Fsp3) is 1.00. The van der Waals surface area contributed by atoms with Gasteiger partial charge in [-0.2, -0.15) is 0 Å². The molecule has 0 rings (SSSR count). The second kappa shape index (κ2) is 5.60. The fourth-order valence-corrected chi connectivity index (χ4v) is 1.46. The molecule has 11 heavy (non-hydrogen) atoms. The van der Waals surface area contributed by atoms with Gasteiger partial charge in [0.15, 0.2) is 0 Å². The Kier molecular flexibility index (Phi) is 6.09. The Bertz CT molecular complexity index is 102. The molecular formula is C8H16ClIO. The van der Waals surface area contributed by atoms with Crippen LogP contribution in [0.15, 0.2) is 0 Å². The molecule has 0 aromatic carbocycles. The van der Waals surface area contributed by atoms with E-state index < -0.39 is 0 Å². The molecule has 68 valence electrons. The second-order valence-corrected chi connectivity index (χ2v) is 4.45. The van der Waals surface area contributed by atoms with Gasteiger partial charge in [-0.1, -0.05) is 36.4 Å². The molecule has 0 radical (unpaired) electrons. The second-order valence-electron chi connectivity index (χ2n) is 3.42. The van der Waals surface area contributed by atoms with Crippen LogP contribution >= 0.6 is 34.2 Å². The van der Waals surface area contributed by atoms with Gasteiger partial charge in [0.2, 0.25) is 0 Å². The molecule has 0 saturated carbocycles. The quantitative estimate of drug-likeness (QED) is 0.558. The Morgan fingerprint density at radius 2 is 2.09 bits per heavy atom. The molecule has 0 amide bonds. The molecular weight excluding hydrogens is 274 g/mol. The Balaban J connectivity index is 3.69. The SMILES string of the molecule is CC(C)COC(C)(CCl)CI. The third-order valence-corrected chi connectivity index (χ3v) is 3.51. The molecule has 0 aliphatic carbocycles. The molecule has 0 N–H and O–H groups in total. The van der Waals surface area contributed by atoms with E-state index in [4.69, 9.17) is 16.3 Å². The average Bonchev–Trinajstić information content (AvgIpc) is 2.00. The van der Waals surface area contributed by atoms with Crippen molar-refractivity contribution in [3.63, 3.8) is 0 Å². The van der Waals surface area contributed by atoms with Gasteiger partial charge in [-0.05, 0) is 12.8 Å². The maximum absolute atomic E-state index is 5.76. The van der Waals surface area contributed by atoms with Crippen LogP contribution in [0.3, 0.4) is 0 Å². The summed E-state index contributed by atoms with van der Waals surface area (Å²) in [6, 6.07) is 0. The van der Waals surface area contributed by atoms with E-state index in [1.54, 1.807) is 0 Å². The van der Waals surface area contributed by atoms with Crippen LogP contribution in [0.2, 0.25) is 0 Å². The first-order valence-corrected chi connectivity index (χ1v) is 5.86. The van der Waals surface area contributed by atoms with Gasteiger partial charge in [-0.15, -0.1) is 11.6 Å². The van der Waals surface area contributed by atoms with Crippen LogP contribution in [-0.4, -0.2) is 22.5 Å². The molecule has 1 nitrogen and oxygen atoms in total. The first kappa shape index (κ1) is 12.0. The number of alkyl halides is 2. The molecule has 0 saturated heterocycles. The van der Waals surface area contributed by atoms with Crippen LogP contribution in [0.1, 0.15) is 20.8 Å². The minimum Gasteiger partial charge on any atom is -0.373 e. The van der Waals surface area contributed by atoms with Gasteiger partial charge in [0.1, 0.15) is 0 Å². The number of ether oxygens (including phenoxy) is 1. The van der Waals surface area contributed by atoms with Gasteiger partial charge in [0.05, 0.1) is 11.5 Å². The van der Waals surface area contributed by atoms with E-state index in [2.05, 4.69) is 43.4 Å². The van der Waals surface area contributed by atoms with Crippen LogP contribution in [0.25, 0.3) is 0 Å². The molecule has 0 fully saturated rings.